The molecule has 3 aliphatic rings. The number of pyridine rings is 1. The molecule has 0 spiro atoms. The highest BCUT2D eigenvalue weighted by molar-refractivity contribution is 5.94. The molecule has 1 aliphatic carbocycles. The third-order valence-electron chi connectivity index (χ3n) is 6.73. The molecule has 2 saturated heterocycles. The number of carbonyl (C=O) groups excluding carboxylic acids is 1. The predicted octanol–water partition coefficient (Wildman–Crippen LogP) is 1.58. The zero-order valence-corrected chi connectivity index (χ0v) is 17.1. The molecule has 0 radical (unpaired) electrons. The van der Waals surface area contributed by atoms with E-state index in [1.54, 1.807) is 0 Å². The second kappa shape index (κ2) is 7.16. The van der Waals surface area contributed by atoms with Crippen molar-refractivity contribution < 1.29 is 28.2 Å². The lowest BCUT2D eigenvalue weighted by atomic mass is 9.91. The number of carboxylic acids is 1. The summed E-state index contributed by atoms with van der Waals surface area (Å²) in [7, 11) is 0. The zero-order valence-electron chi connectivity index (χ0n) is 17.1. The Kier molecular flexibility index (Phi) is 4.63. The van der Waals surface area contributed by atoms with Crippen molar-refractivity contribution in [2.45, 2.75) is 30.9 Å². The predicted molar refractivity (Wildman–Crippen MR) is 110 cm³/mol. The lowest BCUT2D eigenvalue weighted by Gasteiger charge is -2.29. The van der Waals surface area contributed by atoms with Crippen LogP contribution in [-0.2, 0) is 4.74 Å². The molecule has 3 fully saturated rings. The van der Waals surface area contributed by atoms with Gasteiger partial charge in [0, 0.05) is 37.9 Å². The first-order valence-electron chi connectivity index (χ1n) is 10.4. The molecular weight excluding hydrogens is 426 g/mol. The molecule has 2 aliphatic heterocycles. The van der Waals surface area contributed by atoms with Crippen LogP contribution in [0.25, 0.3) is 10.9 Å². The molecule has 1 aromatic heterocycles. The number of hydrogen-bond donors (Lipinski definition) is 3. The number of carbonyl (C=O) groups is 2. The van der Waals surface area contributed by atoms with Crippen molar-refractivity contribution >= 4 is 28.6 Å². The summed E-state index contributed by atoms with van der Waals surface area (Å²) in [4.78, 5) is 36.9. The number of rotatable bonds is 5. The molecule has 170 valence electrons. The molecule has 2 aromatic rings. The number of hydrogen-bond acceptors (Lipinski definition) is 5. The number of amides is 2. The van der Waals surface area contributed by atoms with Gasteiger partial charge in [-0.15, -0.1) is 0 Å². The van der Waals surface area contributed by atoms with Gasteiger partial charge in [0.05, 0.1) is 17.4 Å². The van der Waals surface area contributed by atoms with Crippen molar-refractivity contribution in [1.82, 2.24) is 9.88 Å². The van der Waals surface area contributed by atoms with Gasteiger partial charge in [0.1, 0.15) is 22.7 Å². The molecule has 0 bridgehead atoms. The van der Waals surface area contributed by atoms with Gasteiger partial charge in [-0.1, -0.05) is 0 Å². The highest BCUT2D eigenvalue weighted by Crippen LogP contribution is 2.44. The van der Waals surface area contributed by atoms with Crippen LogP contribution >= 0.6 is 0 Å². The third-order valence-corrected chi connectivity index (χ3v) is 6.73. The number of halogens is 2. The van der Waals surface area contributed by atoms with Crippen molar-refractivity contribution in [3.8, 4) is 0 Å². The fourth-order valence-corrected chi connectivity index (χ4v) is 5.04. The van der Waals surface area contributed by atoms with E-state index < -0.39 is 40.2 Å². The highest BCUT2D eigenvalue weighted by Gasteiger charge is 2.52. The minimum Gasteiger partial charge on any atom is -0.477 e. The van der Waals surface area contributed by atoms with Gasteiger partial charge in [0.25, 0.3) is 0 Å². The van der Waals surface area contributed by atoms with Crippen LogP contribution in [0.15, 0.2) is 17.1 Å². The van der Waals surface area contributed by atoms with Crippen molar-refractivity contribution in [2.75, 3.05) is 31.1 Å². The molecule has 2 amide bonds. The van der Waals surface area contributed by atoms with Crippen LogP contribution in [-0.4, -0.2) is 53.5 Å². The Morgan fingerprint density at radius 3 is 2.72 bits per heavy atom. The van der Waals surface area contributed by atoms with Gasteiger partial charge in [-0.3, -0.25) is 4.79 Å². The summed E-state index contributed by atoms with van der Waals surface area (Å²) in [5.41, 5.74) is 2.56. The number of urea groups is 1. The molecule has 32 heavy (non-hydrogen) atoms. The van der Waals surface area contributed by atoms with Crippen LogP contribution in [0.1, 0.15) is 35.7 Å². The smallest absolute Gasteiger partial charge is 0.341 e. The van der Waals surface area contributed by atoms with Crippen LogP contribution in [0.4, 0.5) is 19.3 Å². The monoisotopic (exact) mass is 448 g/mol. The number of nitrogens with zero attached hydrogens (tertiary/aromatic N) is 2. The Bertz CT molecular complexity index is 1210. The molecule has 3 heterocycles. The van der Waals surface area contributed by atoms with E-state index in [0.717, 1.165) is 12.3 Å². The standard InChI is InChI=1S/C21H22F2N4O5/c22-14-5-12-16(27(11-1-2-11)7-13(18(12)28)19(29)30)15(23)17(14)26-6-10-3-4-32-21(10,9-26)8-25-20(24)31/h5,7,10-11H,1-4,6,8-9H2,(H,29,30)(H3,24,25,31). The quantitative estimate of drug-likeness (QED) is 0.638. The van der Waals surface area contributed by atoms with Gasteiger partial charge < -0.3 is 30.4 Å². The van der Waals surface area contributed by atoms with Gasteiger partial charge in [0.2, 0.25) is 5.43 Å². The molecule has 2 unspecified atom stereocenters. The molecule has 4 N–H and O–H groups in total. The summed E-state index contributed by atoms with van der Waals surface area (Å²) in [6.07, 6.45) is 3.24. The maximum Gasteiger partial charge on any atom is 0.341 e. The molecule has 2 atom stereocenters. The normalized spacial score (nSPS) is 24.7. The molecule has 11 heteroatoms. The van der Waals surface area contributed by atoms with E-state index in [2.05, 4.69) is 5.32 Å². The molecule has 1 aromatic carbocycles. The topological polar surface area (TPSA) is 127 Å². The summed E-state index contributed by atoms with van der Waals surface area (Å²) >= 11 is 0. The summed E-state index contributed by atoms with van der Waals surface area (Å²) < 4.78 is 38.4. The van der Waals surface area contributed by atoms with E-state index in [1.165, 1.54) is 9.47 Å². The van der Waals surface area contributed by atoms with E-state index in [-0.39, 0.29) is 41.6 Å². The summed E-state index contributed by atoms with van der Waals surface area (Å²) in [5.74, 6) is -3.36. The van der Waals surface area contributed by atoms with E-state index in [4.69, 9.17) is 10.5 Å². The van der Waals surface area contributed by atoms with Crippen LogP contribution in [0, 0.1) is 17.6 Å². The number of nitrogens with one attached hydrogen (secondary N) is 1. The van der Waals surface area contributed by atoms with Gasteiger partial charge in [-0.25, -0.2) is 18.4 Å². The van der Waals surface area contributed by atoms with Crippen LogP contribution in [0.2, 0.25) is 0 Å². The Labute approximate surface area is 180 Å². The summed E-state index contributed by atoms with van der Waals surface area (Å²) in [6, 6.07) is 0.0688. The fourth-order valence-electron chi connectivity index (χ4n) is 5.04. The van der Waals surface area contributed by atoms with E-state index in [1.807, 2.05) is 0 Å². The minimum atomic E-state index is -1.44. The Hall–Kier alpha value is -3.21. The van der Waals surface area contributed by atoms with Gasteiger partial charge in [0.15, 0.2) is 5.82 Å². The average molecular weight is 448 g/mol. The summed E-state index contributed by atoms with van der Waals surface area (Å²) in [6.45, 7) is 1.04. The number of benzene rings is 1. The van der Waals surface area contributed by atoms with Gasteiger partial charge >= 0.3 is 12.0 Å². The van der Waals surface area contributed by atoms with E-state index in [0.29, 0.717) is 32.4 Å². The Morgan fingerprint density at radius 2 is 2.06 bits per heavy atom. The number of anilines is 1. The number of aromatic nitrogens is 1. The number of carboxylic acid groups (broad SMARTS) is 1. The number of fused-ring (bicyclic) bond motifs is 2. The lowest BCUT2D eigenvalue weighted by molar-refractivity contribution is 0.00780. The van der Waals surface area contributed by atoms with Gasteiger partial charge in [-0.05, 0) is 25.3 Å². The largest absolute Gasteiger partial charge is 0.477 e. The summed E-state index contributed by atoms with van der Waals surface area (Å²) in [5, 5.41) is 11.6. The van der Waals surface area contributed by atoms with Crippen LogP contribution < -0.4 is 21.4 Å². The van der Waals surface area contributed by atoms with Crippen molar-refractivity contribution in [2.24, 2.45) is 11.7 Å². The maximum absolute atomic E-state index is 15.8. The van der Waals surface area contributed by atoms with Crippen LogP contribution in [0.5, 0.6) is 0 Å². The SMILES string of the molecule is NC(=O)NCC12CN(c3c(F)cc4c(=O)c(C(=O)O)cn(C5CC5)c4c3F)CC1CCO2. The van der Waals surface area contributed by atoms with Crippen molar-refractivity contribution in [3.63, 3.8) is 0 Å². The first-order chi connectivity index (χ1) is 15.2. The molecule has 5 rings (SSSR count). The first-order valence-corrected chi connectivity index (χ1v) is 10.4. The Balaban J connectivity index is 1.62. The number of primary amides is 1. The number of nitrogens with two attached hydrogens (primary N) is 1. The maximum atomic E-state index is 15.8. The fraction of sp³-hybridized carbons (Fsp3) is 0.476. The van der Waals surface area contributed by atoms with E-state index in [9.17, 15) is 19.5 Å². The first kappa shape index (κ1) is 20.7. The Morgan fingerprint density at radius 1 is 1.31 bits per heavy atom. The molecular formula is C21H22F2N4O5. The average Bonchev–Trinajstić information content (AvgIpc) is 3.40. The van der Waals surface area contributed by atoms with Crippen LogP contribution in [0.3, 0.4) is 0 Å². The zero-order chi connectivity index (χ0) is 22.8. The second-order valence-corrected chi connectivity index (χ2v) is 8.73. The lowest BCUT2D eigenvalue weighted by Crippen LogP contribution is -2.49. The highest BCUT2D eigenvalue weighted by atomic mass is 19.1. The third kappa shape index (κ3) is 3.10. The van der Waals surface area contributed by atoms with Crippen molar-refractivity contribution in [3.05, 3.63) is 39.7 Å². The van der Waals surface area contributed by atoms with E-state index >= 15 is 8.78 Å². The minimum absolute atomic E-state index is 0.0659. The van der Waals surface area contributed by atoms with Crippen molar-refractivity contribution in [1.29, 1.82) is 0 Å². The number of ether oxygens (including phenoxy) is 1. The van der Waals surface area contributed by atoms with Gasteiger partial charge in [-0.2, -0.15) is 0 Å². The number of aromatic carboxylic acids is 1. The molecule has 1 saturated carbocycles. The molecule has 9 nitrogen and oxygen atoms in total. The second-order valence-electron chi connectivity index (χ2n) is 8.73.